The lowest BCUT2D eigenvalue weighted by Gasteiger charge is -2.14. The summed E-state index contributed by atoms with van der Waals surface area (Å²) in [7, 11) is 0. The first-order valence-corrected chi connectivity index (χ1v) is 8.26. The highest BCUT2D eigenvalue weighted by Crippen LogP contribution is 2.15. The highest BCUT2D eigenvalue weighted by molar-refractivity contribution is 7.15. The van der Waals surface area contributed by atoms with E-state index in [-0.39, 0.29) is 12.2 Å². The van der Waals surface area contributed by atoms with Crippen LogP contribution in [-0.4, -0.2) is 21.5 Å². The first-order valence-electron chi connectivity index (χ1n) is 7.38. The number of fused-ring (bicyclic) bond motifs is 1. The number of nitrogens with zero attached hydrogens (tertiary/aromatic N) is 2. The number of carbonyl (C=O) groups excluding carboxylic acids is 1. The van der Waals surface area contributed by atoms with Gasteiger partial charge in [0.15, 0.2) is 11.1 Å². The molecule has 1 aromatic carbocycles. The fourth-order valence-corrected chi connectivity index (χ4v) is 2.90. The first-order chi connectivity index (χ1) is 11.5. The van der Waals surface area contributed by atoms with E-state index in [0.717, 1.165) is 5.56 Å². The standard InChI is InChI=1S/C17H16N2O4S/c1-11-4-3-5-14(8-11)23-12(2)16(21)22-10-13-9-15(20)19-6-7-24-17(19)18-13/h3-9,12H,10H2,1-2H3/t12-/m0/s1. The second kappa shape index (κ2) is 6.84. The van der Waals surface area contributed by atoms with E-state index in [2.05, 4.69) is 4.98 Å². The Morgan fingerprint density at radius 2 is 2.21 bits per heavy atom. The molecule has 1 atom stereocenters. The summed E-state index contributed by atoms with van der Waals surface area (Å²) in [5.74, 6) is 0.0977. The highest BCUT2D eigenvalue weighted by Gasteiger charge is 2.17. The molecule has 0 aliphatic rings. The van der Waals surface area contributed by atoms with Crippen LogP contribution in [0.25, 0.3) is 4.96 Å². The predicted octanol–water partition coefficient (Wildman–Crippen LogP) is 2.58. The second-order valence-corrected chi connectivity index (χ2v) is 6.20. The number of aromatic nitrogens is 2. The minimum absolute atomic E-state index is 0.0655. The third-order valence-corrected chi connectivity index (χ3v) is 4.11. The van der Waals surface area contributed by atoms with Crippen LogP contribution >= 0.6 is 11.3 Å². The molecule has 3 rings (SSSR count). The molecule has 7 heteroatoms. The predicted molar refractivity (Wildman–Crippen MR) is 90.4 cm³/mol. The number of hydrogen-bond donors (Lipinski definition) is 0. The van der Waals surface area contributed by atoms with E-state index in [9.17, 15) is 9.59 Å². The summed E-state index contributed by atoms with van der Waals surface area (Å²) in [5.41, 5.74) is 1.26. The van der Waals surface area contributed by atoms with Gasteiger partial charge in [0.25, 0.3) is 5.56 Å². The van der Waals surface area contributed by atoms with Crippen LogP contribution in [0.4, 0.5) is 0 Å². The summed E-state index contributed by atoms with van der Waals surface area (Å²) in [6, 6.07) is 8.79. The largest absolute Gasteiger partial charge is 0.479 e. The van der Waals surface area contributed by atoms with Crippen molar-refractivity contribution < 1.29 is 14.3 Å². The Morgan fingerprint density at radius 1 is 1.38 bits per heavy atom. The van der Waals surface area contributed by atoms with Gasteiger partial charge in [0, 0.05) is 17.6 Å². The number of hydrogen-bond acceptors (Lipinski definition) is 6. The van der Waals surface area contributed by atoms with Gasteiger partial charge in [0.05, 0.1) is 5.69 Å². The van der Waals surface area contributed by atoms with Crippen LogP contribution in [0.1, 0.15) is 18.2 Å². The number of thiazole rings is 1. The molecule has 0 spiro atoms. The van der Waals surface area contributed by atoms with E-state index >= 15 is 0 Å². The van der Waals surface area contributed by atoms with E-state index in [4.69, 9.17) is 9.47 Å². The average Bonchev–Trinajstić information content (AvgIpc) is 3.01. The van der Waals surface area contributed by atoms with Crippen molar-refractivity contribution in [1.29, 1.82) is 0 Å². The average molecular weight is 344 g/mol. The van der Waals surface area contributed by atoms with Crippen LogP contribution in [0.2, 0.25) is 0 Å². The van der Waals surface area contributed by atoms with Gasteiger partial charge in [0.1, 0.15) is 12.4 Å². The van der Waals surface area contributed by atoms with Crippen LogP contribution < -0.4 is 10.3 Å². The van der Waals surface area contributed by atoms with Crippen molar-refractivity contribution in [3.05, 3.63) is 63.5 Å². The van der Waals surface area contributed by atoms with Crippen molar-refractivity contribution >= 4 is 22.3 Å². The quantitative estimate of drug-likeness (QED) is 0.665. The normalized spacial score (nSPS) is 12.1. The lowest BCUT2D eigenvalue weighted by Crippen LogP contribution is -2.26. The van der Waals surface area contributed by atoms with Crippen molar-refractivity contribution in [1.82, 2.24) is 9.38 Å². The minimum Gasteiger partial charge on any atom is -0.479 e. The zero-order chi connectivity index (χ0) is 17.1. The Labute approximate surface area is 142 Å². The van der Waals surface area contributed by atoms with Crippen LogP contribution in [0.5, 0.6) is 5.75 Å². The second-order valence-electron chi connectivity index (χ2n) is 5.33. The minimum atomic E-state index is -0.752. The lowest BCUT2D eigenvalue weighted by molar-refractivity contribution is -0.152. The van der Waals surface area contributed by atoms with E-state index in [1.165, 1.54) is 21.8 Å². The summed E-state index contributed by atoms with van der Waals surface area (Å²) in [6.07, 6.45) is 0.904. The van der Waals surface area contributed by atoms with Gasteiger partial charge in [-0.3, -0.25) is 9.20 Å². The number of rotatable bonds is 5. The summed E-state index contributed by atoms with van der Waals surface area (Å²) in [6.45, 7) is 3.50. The maximum absolute atomic E-state index is 12.0. The zero-order valence-electron chi connectivity index (χ0n) is 13.3. The molecule has 0 N–H and O–H groups in total. The van der Waals surface area contributed by atoms with Gasteiger partial charge in [-0.2, -0.15) is 0 Å². The van der Waals surface area contributed by atoms with Gasteiger partial charge in [-0.15, -0.1) is 11.3 Å². The van der Waals surface area contributed by atoms with Crippen LogP contribution in [0, 0.1) is 6.92 Å². The van der Waals surface area contributed by atoms with E-state index in [0.29, 0.717) is 16.4 Å². The van der Waals surface area contributed by atoms with E-state index in [1.807, 2.05) is 25.1 Å². The van der Waals surface area contributed by atoms with Crippen molar-refractivity contribution in [3.63, 3.8) is 0 Å². The Hall–Kier alpha value is -2.67. The molecular weight excluding hydrogens is 328 g/mol. The molecule has 0 saturated carbocycles. The molecule has 0 amide bonds. The molecule has 124 valence electrons. The van der Waals surface area contributed by atoms with Crippen molar-refractivity contribution in [2.75, 3.05) is 0 Å². The third-order valence-electron chi connectivity index (χ3n) is 3.35. The maximum Gasteiger partial charge on any atom is 0.347 e. The van der Waals surface area contributed by atoms with Gasteiger partial charge in [-0.1, -0.05) is 12.1 Å². The molecule has 0 saturated heterocycles. The number of ether oxygens (including phenoxy) is 2. The van der Waals surface area contributed by atoms with Gasteiger partial charge in [0.2, 0.25) is 0 Å². The zero-order valence-corrected chi connectivity index (χ0v) is 14.1. The van der Waals surface area contributed by atoms with Crippen molar-refractivity contribution in [2.45, 2.75) is 26.6 Å². The Kier molecular flexibility index (Phi) is 4.61. The molecule has 0 fully saturated rings. The van der Waals surface area contributed by atoms with Crippen molar-refractivity contribution in [2.24, 2.45) is 0 Å². The van der Waals surface area contributed by atoms with E-state index in [1.54, 1.807) is 24.6 Å². The van der Waals surface area contributed by atoms with E-state index < -0.39 is 12.1 Å². The monoisotopic (exact) mass is 344 g/mol. The molecule has 0 radical (unpaired) electrons. The molecule has 0 aliphatic heterocycles. The Bertz CT molecular complexity index is 931. The van der Waals surface area contributed by atoms with Crippen LogP contribution in [0.15, 0.2) is 46.7 Å². The summed E-state index contributed by atoms with van der Waals surface area (Å²) in [5, 5.41) is 1.78. The van der Waals surface area contributed by atoms with Gasteiger partial charge >= 0.3 is 5.97 Å². The molecule has 2 heterocycles. The first kappa shape index (κ1) is 16.2. The number of carbonyl (C=O) groups is 1. The lowest BCUT2D eigenvalue weighted by atomic mass is 10.2. The summed E-state index contributed by atoms with van der Waals surface area (Å²) >= 11 is 1.35. The molecule has 6 nitrogen and oxygen atoms in total. The summed E-state index contributed by atoms with van der Waals surface area (Å²) < 4.78 is 12.2. The smallest absolute Gasteiger partial charge is 0.347 e. The fourth-order valence-electron chi connectivity index (χ4n) is 2.17. The topological polar surface area (TPSA) is 69.9 Å². The molecule has 0 unspecified atom stereocenters. The fraction of sp³-hybridized carbons (Fsp3) is 0.235. The van der Waals surface area contributed by atoms with Gasteiger partial charge in [-0.05, 0) is 31.5 Å². The molecule has 3 aromatic rings. The summed E-state index contributed by atoms with van der Waals surface area (Å²) in [4.78, 5) is 28.8. The molecule has 2 aromatic heterocycles. The molecular formula is C17H16N2O4S. The Morgan fingerprint density at radius 3 is 3.00 bits per heavy atom. The van der Waals surface area contributed by atoms with Crippen LogP contribution in [0.3, 0.4) is 0 Å². The van der Waals surface area contributed by atoms with Crippen molar-refractivity contribution in [3.8, 4) is 5.75 Å². The van der Waals surface area contributed by atoms with Crippen LogP contribution in [-0.2, 0) is 16.1 Å². The maximum atomic E-state index is 12.0. The Balaban J connectivity index is 1.62. The number of aryl methyl sites for hydroxylation is 1. The highest BCUT2D eigenvalue weighted by atomic mass is 32.1. The molecule has 0 bridgehead atoms. The third kappa shape index (κ3) is 3.62. The number of esters is 1. The number of benzene rings is 1. The SMILES string of the molecule is Cc1cccc(O[C@@H](C)C(=O)OCc2cc(=O)n3ccsc3n2)c1. The van der Waals surface area contributed by atoms with Gasteiger partial charge < -0.3 is 9.47 Å². The molecule has 24 heavy (non-hydrogen) atoms. The molecule has 0 aliphatic carbocycles. The van der Waals surface area contributed by atoms with Gasteiger partial charge in [-0.25, -0.2) is 9.78 Å².